The molecule has 4 heteroatoms. The summed E-state index contributed by atoms with van der Waals surface area (Å²) in [7, 11) is 0. The second kappa shape index (κ2) is 3.71. The molecule has 3 nitrogen and oxygen atoms in total. The van der Waals surface area contributed by atoms with Gasteiger partial charge in [-0.1, -0.05) is 0 Å². The van der Waals surface area contributed by atoms with Gasteiger partial charge in [-0.3, -0.25) is 4.79 Å². The summed E-state index contributed by atoms with van der Waals surface area (Å²) in [5, 5.41) is 14.2. The van der Waals surface area contributed by atoms with Gasteiger partial charge in [0, 0.05) is 23.9 Å². The molecule has 0 radical (unpaired) electrons. The van der Waals surface area contributed by atoms with Crippen LogP contribution in [0.5, 0.6) is 0 Å². The maximum absolute atomic E-state index is 11.0. The van der Waals surface area contributed by atoms with Gasteiger partial charge in [0.05, 0.1) is 5.92 Å². The van der Waals surface area contributed by atoms with Crippen LogP contribution in [-0.4, -0.2) is 24.2 Å². The number of hydrogen-bond donors (Lipinski definition) is 2. The average molecular weight is 211 g/mol. The number of nitrogens with one attached hydrogen (secondary N) is 1. The number of thiophene rings is 1. The fourth-order valence-corrected chi connectivity index (χ4v) is 3.07. The molecule has 0 spiro atoms. The summed E-state index contributed by atoms with van der Waals surface area (Å²) in [6, 6.07) is 2.05. The molecular formula is C10H13NO2S. The lowest BCUT2D eigenvalue weighted by Crippen LogP contribution is -2.20. The van der Waals surface area contributed by atoms with E-state index in [2.05, 4.69) is 11.4 Å². The third-order valence-electron chi connectivity index (χ3n) is 2.77. The van der Waals surface area contributed by atoms with E-state index in [1.807, 2.05) is 12.3 Å². The Labute approximate surface area is 86.8 Å². The first-order chi connectivity index (χ1) is 6.70. The van der Waals surface area contributed by atoms with E-state index < -0.39 is 5.97 Å². The summed E-state index contributed by atoms with van der Waals surface area (Å²) in [6.07, 6.45) is 0. The number of hydrogen-bond acceptors (Lipinski definition) is 3. The Balaban J connectivity index is 2.26. The van der Waals surface area contributed by atoms with Crippen molar-refractivity contribution in [2.75, 3.05) is 13.1 Å². The first-order valence-electron chi connectivity index (χ1n) is 4.67. The SMILES string of the molecule is Cc1ccsc1[C@@H]1CNC[C@@H]1C(=O)O. The van der Waals surface area contributed by atoms with Crippen LogP contribution in [0.15, 0.2) is 11.4 Å². The maximum atomic E-state index is 11.0. The highest BCUT2D eigenvalue weighted by molar-refractivity contribution is 7.10. The van der Waals surface area contributed by atoms with Crippen LogP contribution in [0.25, 0.3) is 0 Å². The zero-order valence-electron chi connectivity index (χ0n) is 7.99. The standard InChI is InChI=1S/C10H13NO2S/c1-6-2-3-14-9(6)7-4-11-5-8(7)10(12)13/h2-3,7-8,11H,4-5H2,1H3,(H,12,13)/t7-,8+/m1/s1. The Morgan fingerprint density at radius 2 is 2.43 bits per heavy atom. The Morgan fingerprint density at radius 1 is 1.64 bits per heavy atom. The highest BCUT2D eigenvalue weighted by Gasteiger charge is 2.35. The summed E-state index contributed by atoms with van der Waals surface area (Å²) < 4.78 is 0. The van der Waals surface area contributed by atoms with Crippen LogP contribution in [0.3, 0.4) is 0 Å². The third-order valence-corrected chi connectivity index (χ3v) is 3.92. The minimum atomic E-state index is -0.687. The van der Waals surface area contributed by atoms with E-state index in [0.29, 0.717) is 6.54 Å². The molecule has 0 aliphatic carbocycles. The van der Waals surface area contributed by atoms with Crippen molar-refractivity contribution in [3.63, 3.8) is 0 Å². The monoisotopic (exact) mass is 211 g/mol. The second-order valence-corrected chi connectivity index (χ2v) is 4.63. The van der Waals surface area contributed by atoms with Gasteiger partial charge in [-0.05, 0) is 23.9 Å². The van der Waals surface area contributed by atoms with Gasteiger partial charge >= 0.3 is 5.97 Å². The number of carbonyl (C=O) groups is 1. The minimum Gasteiger partial charge on any atom is -0.481 e. The number of carboxylic acid groups (broad SMARTS) is 1. The fraction of sp³-hybridized carbons (Fsp3) is 0.500. The Bertz CT molecular complexity index is 348. The number of carboxylic acids is 1. The van der Waals surface area contributed by atoms with Crippen molar-refractivity contribution in [2.24, 2.45) is 5.92 Å². The van der Waals surface area contributed by atoms with E-state index in [-0.39, 0.29) is 11.8 Å². The lowest BCUT2D eigenvalue weighted by Gasteiger charge is -2.13. The van der Waals surface area contributed by atoms with Gasteiger partial charge in [0.1, 0.15) is 0 Å². The second-order valence-electron chi connectivity index (χ2n) is 3.68. The normalized spacial score (nSPS) is 26.6. The molecule has 2 heterocycles. The number of rotatable bonds is 2. The van der Waals surface area contributed by atoms with Crippen molar-refractivity contribution in [2.45, 2.75) is 12.8 Å². The van der Waals surface area contributed by atoms with Crippen molar-refractivity contribution in [3.8, 4) is 0 Å². The van der Waals surface area contributed by atoms with Gasteiger partial charge in [0.15, 0.2) is 0 Å². The van der Waals surface area contributed by atoms with Crippen LogP contribution in [0.4, 0.5) is 0 Å². The molecule has 0 bridgehead atoms. The van der Waals surface area contributed by atoms with Gasteiger partial charge in [0.25, 0.3) is 0 Å². The van der Waals surface area contributed by atoms with Crippen LogP contribution >= 0.6 is 11.3 Å². The zero-order chi connectivity index (χ0) is 10.1. The van der Waals surface area contributed by atoms with Crippen LogP contribution in [0.1, 0.15) is 16.4 Å². The van der Waals surface area contributed by atoms with Crippen LogP contribution in [0, 0.1) is 12.8 Å². The van der Waals surface area contributed by atoms with E-state index in [4.69, 9.17) is 5.11 Å². The van der Waals surface area contributed by atoms with Gasteiger partial charge in [0.2, 0.25) is 0 Å². The molecule has 1 aliphatic rings. The fourth-order valence-electron chi connectivity index (χ4n) is 1.98. The molecule has 1 saturated heterocycles. The molecule has 76 valence electrons. The van der Waals surface area contributed by atoms with Gasteiger partial charge in [-0.15, -0.1) is 11.3 Å². The van der Waals surface area contributed by atoms with Crippen molar-refractivity contribution in [3.05, 3.63) is 21.9 Å². The molecule has 2 atom stereocenters. The molecule has 2 rings (SSSR count). The average Bonchev–Trinajstić information content (AvgIpc) is 2.70. The van der Waals surface area contributed by atoms with Crippen LogP contribution < -0.4 is 5.32 Å². The van der Waals surface area contributed by atoms with E-state index in [1.165, 1.54) is 10.4 Å². The smallest absolute Gasteiger partial charge is 0.308 e. The summed E-state index contributed by atoms with van der Waals surface area (Å²) >= 11 is 1.66. The highest BCUT2D eigenvalue weighted by Crippen LogP contribution is 2.33. The first kappa shape index (κ1) is 9.68. The molecule has 1 aromatic rings. The Hall–Kier alpha value is -0.870. The summed E-state index contributed by atoms with van der Waals surface area (Å²) in [4.78, 5) is 12.2. The van der Waals surface area contributed by atoms with Gasteiger partial charge in [-0.2, -0.15) is 0 Å². The molecule has 0 saturated carbocycles. The van der Waals surface area contributed by atoms with Crippen molar-refractivity contribution >= 4 is 17.3 Å². The molecule has 0 amide bonds. The maximum Gasteiger partial charge on any atom is 0.308 e. The van der Waals surface area contributed by atoms with Gasteiger partial charge in [-0.25, -0.2) is 0 Å². The lowest BCUT2D eigenvalue weighted by molar-refractivity contribution is -0.141. The third kappa shape index (κ3) is 1.55. The minimum absolute atomic E-state index is 0.160. The molecule has 2 N–H and O–H groups in total. The molecule has 1 aromatic heterocycles. The molecule has 1 aliphatic heterocycles. The van der Waals surface area contributed by atoms with E-state index in [0.717, 1.165) is 6.54 Å². The predicted octanol–water partition coefficient (Wildman–Crippen LogP) is 1.44. The Kier molecular flexibility index (Phi) is 2.56. The number of aliphatic carboxylic acids is 1. The van der Waals surface area contributed by atoms with Gasteiger partial charge < -0.3 is 10.4 Å². The molecular weight excluding hydrogens is 198 g/mol. The predicted molar refractivity (Wildman–Crippen MR) is 55.8 cm³/mol. The first-order valence-corrected chi connectivity index (χ1v) is 5.55. The van der Waals surface area contributed by atoms with E-state index in [1.54, 1.807) is 11.3 Å². The van der Waals surface area contributed by atoms with E-state index in [9.17, 15) is 4.79 Å². The Morgan fingerprint density at radius 3 is 3.00 bits per heavy atom. The zero-order valence-corrected chi connectivity index (χ0v) is 8.80. The van der Waals surface area contributed by atoms with Crippen LogP contribution in [0.2, 0.25) is 0 Å². The van der Waals surface area contributed by atoms with E-state index >= 15 is 0 Å². The van der Waals surface area contributed by atoms with Crippen molar-refractivity contribution in [1.29, 1.82) is 0 Å². The summed E-state index contributed by atoms with van der Waals surface area (Å²) in [6.45, 7) is 3.43. The van der Waals surface area contributed by atoms with Crippen molar-refractivity contribution in [1.82, 2.24) is 5.32 Å². The molecule has 0 unspecified atom stereocenters. The molecule has 14 heavy (non-hydrogen) atoms. The number of aryl methyl sites for hydroxylation is 1. The summed E-state index contributed by atoms with van der Waals surface area (Å²) in [5.41, 5.74) is 1.22. The topological polar surface area (TPSA) is 49.3 Å². The van der Waals surface area contributed by atoms with Crippen molar-refractivity contribution < 1.29 is 9.90 Å². The summed E-state index contributed by atoms with van der Waals surface area (Å²) in [5.74, 6) is -0.785. The largest absolute Gasteiger partial charge is 0.481 e. The molecule has 0 aromatic carbocycles. The lowest BCUT2D eigenvalue weighted by atomic mass is 9.93. The molecule has 1 fully saturated rings. The highest BCUT2D eigenvalue weighted by atomic mass is 32.1. The quantitative estimate of drug-likeness (QED) is 0.778. The van der Waals surface area contributed by atoms with Crippen LogP contribution in [-0.2, 0) is 4.79 Å².